The van der Waals surface area contributed by atoms with Crippen LogP contribution in [0.4, 0.5) is 4.39 Å². The van der Waals surface area contributed by atoms with E-state index in [1.54, 1.807) is 35.8 Å². The van der Waals surface area contributed by atoms with Crippen molar-refractivity contribution in [2.24, 2.45) is 5.73 Å². The molecule has 3 rings (SSSR count). The molecule has 8 nitrogen and oxygen atoms in total. The minimum atomic E-state index is -3.97. The van der Waals surface area contributed by atoms with Crippen molar-refractivity contribution in [1.82, 2.24) is 8.87 Å². The van der Waals surface area contributed by atoms with Gasteiger partial charge in [-0.05, 0) is 67.8 Å². The summed E-state index contributed by atoms with van der Waals surface area (Å²) >= 11 is 0. The number of benzene rings is 2. The molecule has 3 aromatic rings. The number of hydrogen-bond acceptors (Lipinski definition) is 5. The Labute approximate surface area is 216 Å². The molecule has 2 N–H and O–H groups in total. The number of carbonyl (C=O) groups excluding carboxylic acids is 2. The molecule has 37 heavy (non-hydrogen) atoms. The number of rotatable bonds is 13. The second kappa shape index (κ2) is 12.2. The summed E-state index contributed by atoms with van der Waals surface area (Å²) in [7, 11) is -2.48. The number of amides is 1. The van der Waals surface area contributed by atoms with E-state index in [2.05, 4.69) is 0 Å². The molecule has 198 valence electrons. The minimum absolute atomic E-state index is 0.0536. The Kier molecular flexibility index (Phi) is 9.23. The van der Waals surface area contributed by atoms with Crippen LogP contribution in [0.25, 0.3) is 0 Å². The van der Waals surface area contributed by atoms with Gasteiger partial charge in [0.15, 0.2) is 5.78 Å². The van der Waals surface area contributed by atoms with Crippen molar-refractivity contribution in [3.8, 4) is 5.75 Å². The lowest BCUT2D eigenvalue weighted by Crippen LogP contribution is -2.37. The van der Waals surface area contributed by atoms with Gasteiger partial charge in [0.1, 0.15) is 11.6 Å². The number of nitrogens with two attached hydrogens (primary N) is 1. The molecule has 0 aliphatic heterocycles. The highest BCUT2D eigenvalue weighted by Crippen LogP contribution is 2.22. The molecular formula is C27H32FN3O5S. The quantitative estimate of drug-likeness (QED) is 0.337. The molecule has 0 fully saturated rings. The van der Waals surface area contributed by atoms with Crippen LogP contribution in [0, 0.1) is 12.7 Å². The normalized spacial score (nSPS) is 11.6. The third-order valence-corrected chi connectivity index (χ3v) is 8.09. The fourth-order valence-corrected chi connectivity index (χ4v) is 5.50. The molecule has 1 amide bonds. The maximum Gasteiger partial charge on any atom is 0.250 e. The summed E-state index contributed by atoms with van der Waals surface area (Å²) in [6, 6.07) is 13.4. The maximum atomic E-state index is 13.5. The average Bonchev–Trinajstić information content (AvgIpc) is 3.22. The van der Waals surface area contributed by atoms with Crippen LogP contribution in [-0.2, 0) is 23.0 Å². The highest BCUT2D eigenvalue weighted by molar-refractivity contribution is 7.89. The van der Waals surface area contributed by atoms with Gasteiger partial charge in [-0.15, -0.1) is 0 Å². The predicted octanol–water partition coefficient (Wildman–Crippen LogP) is 3.96. The number of ether oxygens (including phenoxy) is 1. The van der Waals surface area contributed by atoms with E-state index in [0.29, 0.717) is 30.8 Å². The first-order valence-corrected chi connectivity index (χ1v) is 13.4. The number of carbonyl (C=O) groups is 2. The average molecular weight is 530 g/mol. The SMILES string of the molecule is CCCCN(CC(=O)c1cc(C(N)=O)c(C)n1CCc1ccc(F)cc1)S(=O)(=O)c1ccc(OC)cc1. The Hall–Kier alpha value is -3.50. The number of aryl methyl sites for hydroxylation is 1. The molecule has 0 aliphatic rings. The Balaban J connectivity index is 1.92. The van der Waals surface area contributed by atoms with E-state index in [1.807, 2.05) is 6.92 Å². The van der Waals surface area contributed by atoms with Crippen LogP contribution < -0.4 is 10.5 Å². The monoisotopic (exact) mass is 529 g/mol. The molecular weight excluding hydrogens is 497 g/mol. The van der Waals surface area contributed by atoms with Gasteiger partial charge in [-0.1, -0.05) is 25.5 Å². The lowest BCUT2D eigenvalue weighted by Gasteiger charge is -2.22. The van der Waals surface area contributed by atoms with Crippen molar-refractivity contribution < 1.29 is 27.1 Å². The van der Waals surface area contributed by atoms with Crippen molar-refractivity contribution in [2.45, 2.75) is 44.6 Å². The van der Waals surface area contributed by atoms with E-state index in [4.69, 9.17) is 10.5 Å². The summed E-state index contributed by atoms with van der Waals surface area (Å²) in [4.78, 5) is 25.6. The van der Waals surface area contributed by atoms with Crippen LogP contribution in [-0.4, -0.2) is 49.2 Å². The van der Waals surface area contributed by atoms with Gasteiger partial charge in [-0.2, -0.15) is 4.31 Å². The molecule has 2 aromatic carbocycles. The van der Waals surface area contributed by atoms with Gasteiger partial charge < -0.3 is 15.0 Å². The van der Waals surface area contributed by atoms with Gasteiger partial charge in [0, 0.05) is 18.8 Å². The number of ketones is 1. The third kappa shape index (κ3) is 6.64. The topological polar surface area (TPSA) is 112 Å². The minimum Gasteiger partial charge on any atom is -0.497 e. The Morgan fingerprint density at radius 3 is 2.30 bits per heavy atom. The molecule has 0 saturated carbocycles. The molecule has 0 radical (unpaired) electrons. The van der Waals surface area contributed by atoms with Crippen LogP contribution in [0.1, 0.15) is 51.9 Å². The molecule has 0 spiro atoms. The lowest BCUT2D eigenvalue weighted by atomic mass is 10.1. The van der Waals surface area contributed by atoms with Crippen LogP contribution >= 0.6 is 0 Å². The molecule has 1 aromatic heterocycles. The first-order valence-electron chi connectivity index (χ1n) is 12.0. The highest BCUT2D eigenvalue weighted by atomic mass is 32.2. The third-order valence-electron chi connectivity index (χ3n) is 6.23. The summed E-state index contributed by atoms with van der Waals surface area (Å²) in [5.41, 5.74) is 7.28. The number of primary amides is 1. The number of Topliss-reactive ketones (excluding diaryl/α,β-unsaturated/α-hetero) is 1. The van der Waals surface area contributed by atoms with Crippen molar-refractivity contribution in [1.29, 1.82) is 0 Å². The van der Waals surface area contributed by atoms with Crippen molar-refractivity contribution in [2.75, 3.05) is 20.2 Å². The first-order chi connectivity index (χ1) is 17.6. The molecule has 0 aliphatic carbocycles. The second-order valence-electron chi connectivity index (χ2n) is 8.71. The molecule has 0 bridgehead atoms. The number of sulfonamides is 1. The zero-order valence-electron chi connectivity index (χ0n) is 21.2. The zero-order chi connectivity index (χ0) is 27.2. The Bertz CT molecular complexity index is 1350. The molecule has 1 heterocycles. The van der Waals surface area contributed by atoms with E-state index >= 15 is 0 Å². The van der Waals surface area contributed by atoms with E-state index in [-0.39, 0.29) is 28.5 Å². The summed E-state index contributed by atoms with van der Waals surface area (Å²) in [5.74, 6) is -0.967. The van der Waals surface area contributed by atoms with Crippen LogP contribution in [0.5, 0.6) is 5.75 Å². The molecule has 0 atom stereocenters. The van der Waals surface area contributed by atoms with Gasteiger partial charge in [0.2, 0.25) is 10.0 Å². The number of halogens is 1. The van der Waals surface area contributed by atoms with Gasteiger partial charge >= 0.3 is 0 Å². The summed E-state index contributed by atoms with van der Waals surface area (Å²) in [5, 5.41) is 0. The fraction of sp³-hybridized carbons (Fsp3) is 0.333. The number of methoxy groups -OCH3 is 1. The molecule has 0 unspecified atom stereocenters. The summed E-state index contributed by atoms with van der Waals surface area (Å²) in [6.07, 6.45) is 1.78. The molecule has 10 heteroatoms. The number of aromatic nitrogens is 1. The molecule has 0 saturated heterocycles. The van der Waals surface area contributed by atoms with E-state index in [0.717, 1.165) is 16.3 Å². The fourth-order valence-electron chi connectivity index (χ4n) is 4.06. The largest absolute Gasteiger partial charge is 0.497 e. The highest BCUT2D eigenvalue weighted by Gasteiger charge is 2.29. The lowest BCUT2D eigenvalue weighted by molar-refractivity contribution is 0.0956. The van der Waals surface area contributed by atoms with Crippen LogP contribution in [0.15, 0.2) is 59.5 Å². The van der Waals surface area contributed by atoms with Crippen molar-refractivity contribution >= 4 is 21.7 Å². The van der Waals surface area contributed by atoms with Crippen molar-refractivity contribution in [3.05, 3.63) is 82.9 Å². The van der Waals surface area contributed by atoms with Gasteiger partial charge in [-0.25, -0.2) is 12.8 Å². The maximum absolute atomic E-state index is 13.5. The van der Waals surface area contributed by atoms with Crippen LogP contribution in [0.3, 0.4) is 0 Å². The van der Waals surface area contributed by atoms with Crippen LogP contribution in [0.2, 0.25) is 0 Å². The number of nitrogens with zero attached hydrogens (tertiary/aromatic N) is 2. The first kappa shape index (κ1) is 28.1. The zero-order valence-corrected chi connectivity index (χ0v) is 22.1. The van der Waals surface area contributed by atoms with Crippen molar-refractivity contribution in [3.63, 3.8) is 0 Å². The smallest absolute Gasteiger partial charge is 0.250 e. The number of unbranched alkanes of at least 4 members (excludes halogenated alkanes) is 1. The van der Waals surface area contributed by atoms with E-state index < -0.39 is 28.3 Å². The van der Waals surface area contributed by atoms with Gasteiger partial charge in [0.05, 0.1) is 29.8 Å². The standard InChI is InChI=1S/C27H32FN3O5S/c1-4-5-15-30(37(34,35)23-12-10-22(36-3)11-13-23)18-26(32)25-17-24(27(29)33)19(2)31(25)16-14-20-6-8-21(28)9-7-20/h6-13,17H,4-5,14-16,18H2,1-3H3,(H2,29,33). The van der Waals surface area contributed by atoms with E-state index in [1.165, 1.54) is 37.4 Å². The Morgan fingerprint density at radius 1 is 1.08 bits per heavy atom. The second-order valence-corrected chi connectivity index (χ2v) is 10.6. The summed E-state index contributed by atoms with van der Waals surface area (Å²) < 4.78 is 48.1. The van der Waals surface area contributed by atoms with Gasteiger partial charge in [0.25, 0.3) is 5.91 Å². The van der Waals surface area contributed by atoms with Gasteiger partial charge in [-0.3, -0.25) is 9.59 Å². The predicted molar refractivity (Wildman–Crippen MR) is 139 cm³/mol. The summed E-state index contributed by atoms with van der Waals surface area (Å²) in [6.45, 7) is 3.71. The Morgan fingerprint density at radius 2 is 1.73 bits per heavy atom. The number of hydrogen-bond donors (Lipinski definition) is 1. The van der Waals surface area contributed by atoms with E-state index in [9.17, 15) is 22.4 Å².